The molecule has 0 saturated heterocycles. The van der Waals surface area contributed by atoms with Crippen molar-refractivity contribution in [3.05, 3.63) is 24.0 Å². The predicted molar refractivity (Wildman–Crippen MR) is 75.6 cm³/mol. The molecule has 0 spiro atoms. The van der Waals surface area contributed by atoms with Gasteiger partial charge in [0.25, 0.3) is 0 Å². The Bertz CT molecular complexity index is 552. The Balaban J connectivity index is 1.99. The summed E-state index contributed by atoms with van der Waals surface area (Å²) in [6, 6.07) is 6.10. The first-order valence-electron chi connectivity index (χ1n) is 7.05. The highest BCUT2D eigenvalue weighted by molar-refractivity contribution is 5.79. The van der Waals surface area contributed by atoms with E-state index in [0.717, 1.165) is 17.7 Å². The maximum absolute atomic E-state index is 5.85. The summed E-state index contributed by atoms with van der Waals surface area (Å²) in [5.74, 6) is 1.98. The zero-order chi connectivity index (χ0) is 12.5. The number of aryl methyl sites for hydroxylation is 1. The Morgan fingerprint density at radius 3 is 2.89 bits per heavy atom. The highest BCUT2D eigenvalue weighted by atomic mass is 15.1. The van der Waals surface area contributed by atoms with Crippen molar-refractivity contribution in [3.8, 4) is 0 Å². The number of hydrogen-bond acceptors (Lipinski definition) is 2. The molecule has 0 atom stereocenters. The topological polar surface area (TPSA) is 43.8 Å². The standard InChI is InChI=1S/C15H21N3/c1-2-3-4-9-18-14-8-7-12(16)10-13(14)17-15(18)11-5-6-11/h7-8,10-11H,2-6,9,16H2,1H3. The van der Waals surface area contributed by atoms with Gasteiger partial charge >= 0.3 is 0 Å². The Hall–Kier alpha value is -1.51. The highest BCUT2D eigenvalue weighted by Crippen LogP contribution is 2.41. The number of hydrogen-bond donors (Lipinski definition) is 1. The predicted octanol–water partition coefficient (Wildman–Crippen LogP) is 3.69. The van der Waals surface area contributed by atoms with Crippen LogP contribution >= 0.6 is 0 Å². The first kappa shape index (κ1) is 11.6. The largest absolute Gasteiger partial charge is 0.399 e. The molecule has 2 aromatic rings. The third-order valence-electron chi connectivity index (χ3n) is 3.73. The van der Waals surface area contributed by atoms with E-state index in [-0.39, 0.29) is 0 Å². The summed E-state index contributed by atoms with van der Waals surface area (Å²) in [7, 11) is 0. The van der Waals surface area contributed by atoms with Gasteiger partial charge in [0.05, 0.1) is 11.0 Å². The van der Waals surface area contributed by atoms with Crippen molar-refractivity contribution in [1.29, 1.82) is 0 Å². The van der Waals surface area contributed by atoms with Gasteiger partial charge in [-0.3, -0.25) is 0 Å². The van der Waals surface area contributed by atoms with Gasteiger partial charge in [0.1, 0.15) is 5.82 Å². The Labute approximate surface area is 108 Å². The second-order valence-corrected chi connectivity index (χ2v) is 5.35. The second kappa shape index (κ2) is 4.63. The van der Waals surface area contributed by atoms with Gasteiger partial charge in [0, 0.05) is 18.2 Å². The van der Waals surface area contributed by atoms with Crippen LogP contribution in [0.1, 0.15) is 50.8 Å². The van der Waals surface area contributed by atoms with Crippen molar-refractivity contribution in [1.82, 2.24) is 9.55 Å². The maximum atomic E-state index is 5.85. The van der Waals surface area contributed by atoms with Crippen LogP contribution in [0.5, 0.6) is 0 Å². The molecule has 0 bridgehead atoms. The van der Waals surface area contributed by atoms with Crippen LogP contribution < -0.4 is 5.73 Å². The molecule has 0 amide bonds. The number of nitrogens with two attached hydrogens (primary N) is 1. The summed E-state index contributed by atoms with van der Waals surface area (Å²) in [5.41, 5.74) is 8.97. The SMILES string of the molecule is CCCCCn1c(C2CC2)nc2cc(N)ccc21. The van der Waals surface area contributed by atoms with E-state index in [1.807, 2.05) is 12.1 Å². The molecule has 3 heteroatoms. The van der Waals surface area contributed by atoms with Crippen molar-refractivity contribution in [2.24, 2.45) is 0 Å². The van der Waals surface area contributed by atoms with Crippen molar-refractivity contribution in [3.63, 3.8) is 0 Å². The lowest BCUT2D eigenvalue weighted by Gasteiger charge is -2.08. The first-order valence-corrected chi connectivity index (χ1v) is 7.05. The van der Waals surface area contributed by atoms with Gasteiger partial charge in [-0.1, -0.05) is 19.8 Å². The van der Waals surface area contributed by atoms with Crippen molar-refractivity contribution < 1.29 is 0 Å². The molecule has 1 aliphatic carbocycles. The number of benzene rings is 1. The molecule has 1 fully saturated rings. The van der Waals surface area contributed by atoms with Crippen LogP contribution in [0.15, 0.2) is 18.2 Å². The Kier molecular flexibility index (Phi) is 2.98. The monoisotopic (exact) mass is 243 g/mol. The van der Waals surface area contributed by atoms with E-state index < -0.39 is 0 Å². The molecule has 0 unspecified atom stereocenters. The van der Waals surface area contributed by atoms with Crippen molar-refractivity contribution >= 4 is 16.7 Å². The molecule has 0 radical (unpaired) electrons. The van der Waals surface area contributed by atoms with Gasteiger partial charge in [0.15, 0.2) is 0 Å². The van der Waals surface area contributed by atoms with E-state index in [1.165, 1.54) is 43.4 Å². The van der Waals surface area contributed by atoms with Crippen LogP contribution in [0.2, 0.25) is 0 Å². The number of fused-ring (bicyclic) bond motifs is 1. The minimum atomic E-state index is 0.695. The molecule has 1 aromatic heterocycles. The van der Waals surface area contributed by atoms with Crippen LogP contribution in [0.4, 0.5) is 5.69 Å². The number of imidazole rings is 1. The lowest BCUT2D eigenvalue weighted by Crippen LogP contribution is -2.03. The summed E-state index contributed by atoms with van der Waals surface area (Å²) in [6.07, 6.45) is 6.39. The average Bonchev–Trinajstić information content (AvgIpc) is 3.13. The zero-order valence-corrected chi connectivity index (χ0v) is 11.0. The molecule has 96 valence electrons. The van der Waals surface area contributed by atoms with Crippen molar-refractivity contribution in [2.75, 3.05) is 5.73 Å². The number of nitrogens with zero attached hydrogens (tertiary/aromatic N) is 2. The van der Waals surface area contributed by atoms with Gasteiger partial charge in [-0.15, -0.1) is 0 Å². The molecular formula is C15H21N3. The summed E-state index contributed by atoms with van der Waals surface area (Å²) in [4.78, 5) is 4.80. The number of aromatic nitrogens is 2. The normalized spacial score (nSPS) is 15.4. The molecule has 1 heterocycles. The number of rotatable bonds is 5. The lowest BCUT2D eigenvalue weighted by atomic mass is 10.2. The van der Waals surface area contributed by atoms with E-state index >= 15 is 0 Å². The minimum Gasteiger partial charge on any atom is -0.399 e. The average molecular weight is 243 g/mol. The summed E-state index contributed by atoms with van der Waals surface area (Å²) in [6.45, 7) is 3.34. The maximum Gasteiger partial charge on any atom is 0.112 e. The molecule has 1 aliphatic rings. The first-order chi connectivity index (χ1) is 8.79. The van der Waals surface area contributed by atoms with Crippen LogP contribution in [0.25, 0.3) is 11.0 Å². The van der Waals surface area contributed by atoms with Gasteiger partial charge in [-0.2, -0.15) is 0 Å². The highest BCUT2D eigenvalue weighted by Gasteiger charge is 2.29. The van der Waals surface area contributed by atoms with E-state index in [9.17, 15) is 0 Å². The van der Waals surface area contributed by atoms with Crippen LogP contribution in [-0.4, -0.2) is 9.55 Å². The summed E-state index contributed by atoms with van der Waals surface area (Å²) in [5, 5.41) is 0. The molecule has 2 N–H and O–H groups in total. The van der Waals surface area contributed by atoms with Crippen LogP contribution in [-0.2, 0) is 6.54 Å². The molecular weight excluding hydrogens is 222 g/mol. The third-order valence-corrected chi connectivity index (χ3v) is 3.73. The molecule has 18 heavy (non-hydrogen) atoms. The zero-order valence-electron chi connectivity index (χ0n) is 11.0. The van der Waals surface area contributed by atoms with E-state index in [1.54, 1.807) is 0 Å². The van der Waals surface area contributed by atoms with Crippen molar-refractivity contribution in [2.45, 2.75) is 51.5 Å². The summed E-state index contributed by atoms with van der Waals surface area (Å²) < 4.78 is 2.42. The fraction of sp³-hybridized carbons (Fsp3) is 0.533. The second-order valence-electron chi connectivity index (χ2n) is 5.35. The van der Waals surface area contributed by atoms with Gasteiger partial charge in [-0.25, -0.2) is 4.98 Å². The van der Waals surface area contributed by atoms with Crippen LogP contribution in [0.3, 0.4) is 0 Å². The van der Waals surface area contributed by atoms with E-state index in [2.05, 4.69) is 17.6 Å². The molecule has 0 aliphatic heterocycles. The van der Waals surface area contributed by atoms with Gasteiger partial charge in [0.2, 0.25) is 0 Å². The molecule has 1 saturated carbocycles. The van der Waals surface area contributed by atoms with E-state index in [0.29, 0.717) is 5.92 Å². The fourth-order valence-electron chi connectivity index (χ4n) is 2.57. The molecule has 3 nitrogen and oxygen atoms in total. The third kappa shape index (κ3) is 2.09. The smallest absolute Gasteiger partial charge is 0.112 e. The van der Waals surface area contributed by atoms with E-state index in [4.69, 9.17) is 10.7 Å². The number of unbranched alkanes of at least 4 members (excludes halogenated alkanes) is 2. The Morgan fingerprint density at radius 1 is 1.33 bits per heavy atom. The van der Waals surface area contributed by atoms with Gasteiger partial charge < -0.3 is 10.3 Å². The fourth-order valence-corrected chi connectivity index (χ4v) is 2.57. The lowest BCUT2D eigenvalue weighted by molar-refractivity contribution is 0.592. The number of nitrogen functional groups attached to an aromatic ring is 1. The van der Waals surface area contributed by atoms with Gasteiger partial charge in [-0.05, 0) is 37.5 Å². The molecule has 1 aromatic carbocycles. The number of anilines is 1. The molecule has 3 rings (SSSR count). The summed E-state index contributed by atoms with van der Waals surface area (Å²) >= 11 is 0. The quantitative estimate of drug-likeness (QED) is 0.643. The van der Waals surface area contributed by atoms with Crippen LogP contribution in [0, 0.1) is 0 Å². The Morgan fingerprint density at radius 2 is 2.17 bits per heavy atom. The minimum absolute atomic E-state index is 0.695.